The van der Waals surface area contributed by atoms with Gasteiger partial charge >= 0.3 is 0 Å². The van der Waals surface area contributed by atoms with Gasteiger partial charge in [-0.15, -0.1) is 0 Å². The van der Waals surface area contributed by atoms with Gasteiger partial charge in [-0.1, -0.05) is 102 Å². The Balaban J connectivity index is 1.49. The lowest BCUT2D eigenvalue weighted by atomic mass is 9.91. The summed E-state index contributed by atoms with van der Waals surface area (Å²) in [5, 5.41) is 4.60. The molecule has 7 heteroatoms. The van der Waals surface area contributed by atoms with Gasteiger partial charge in [-0.05, 0) is 124 Å². The van der Waals surface area contributed by atoms with Crippen molar-refractivity contribution in [1.29, 1.82) is 0 Å². The normalized spacial score (nSPS) is 12.6. The van der Waals surface area contributed by atoms with Crippen molar-refractivity contribution in [1.82, 2.24) is 15.0 Å². The largest absolute Gasteiger partial charge is 0.543 e. The van der Waals surface area contributed by atoms with Crippen LogP contribution in [0.25, 0.3) is 66.6 Å². The zero-order chi connectivity index (χ0) is 38.5. The highest BCUT2D eigenvalue weighted by atomic mass is 28.4. The summed E-state index contributed by atoms with van der Waals surface area (Å²) in [6, 6.07) is 40.3. The third-order valence-corrected chi connectivity index (χ3v) is 20.2. The molecule has 4 aromatic carbocycles. The molecule has 0 amide bonds. The molecule has 0 aliphatic carbocycles. The van der Waals surface area contributed by atoms with Crippen molar-refractivity contribution in [2.45, 2.75) is 77.8 Å². The maximum Gasteiger partial charge on any atom is 0.250 e. The molecule has 0 fully saturated rings. The van der Waals surface area contributed by atoms with Gasteiger partial charge in [0.25, 0.3) is 16.6 Å². The zero-order valence-electron chi connectivity index (χ0n) is 33.3. The Morgan fingerprint density at radius 2 is 0.926 bits per heavy atom. The van der Waals surface area contributed by atoms with E-state index in [0.717, 1.165) is 72.7 Å². The molecule has 0 unspecified atom stereocenters. The molecule has 0 spiro atoms. The van der Waals surface area contributed by atoms with Gasteiger partial charge in [-0.25, -0.2) is 4.98 Å². The number of pyridine rings is 3. The predicted molar refractivity (Wildman–Crippen MR) is 232 cm³/mol. The van der Waals surface area contributed by atoms with Gasteiger partial charge in [-0.3, -0.25) is 9.97 Å². The highest BCUT2D eigenvalue weighted by molar-refractivity contribution is 6.75. The summed E-state index contributed by atoms with van der Waals surface area (Å²) in [6.45, 7) is 23.1. The van der Waals surface area contributed by atoms with E-state index in [0.29, 0.717) is 0 Å². The number of hydrogen-bond acceptors (Lipinski definition) is 5. The predicted octanol–water partition coefficient (Wildman–Crippen LogP) is 13.6. The first-order valence-corrected chi connectivity index (χ1v) is 24.7. The first-order chi connectivity index (χ1) is 25.5. The Kier molecular flexibility index (Phi) is 9.61. The standard InChI is InChI=1S/C47H51N3O2Si2/c1-46(2,3)53(7,8)51-42-25-22-32-17-11-12-18-36(32)44(42)45-37-24-21-33(29-34(37)23-26-43(45)52-54(9,10)47(4,5)6)35-30-40(38-19-13-15-27-48-38)50-41(31-35)39-20-14-16-28-49-39/h11-31H,1-10H3. The number of hydrogen-bond donors (Lipinski definition) is 0. The average molecular weight is 746 g/mol. The zero-order valence-corrected chi connectivity index (χ0v) is 35.3. The monoisotopic (exact) mass is 745 g/mol. The van der Waals surface area contributed by atoms with Gasteiger partial charge in [0, 0.05) is 23.5 Å². The van der Waals surface area contributed by atoms with Crippen molar-refractivity contribution in [3.8, 4) is 56.5 Å². The number of rotatable bonds is 8. The summed E-state index contributed by atoms with van der Waals surface area (Å²) >= 11 is 0. The number of nitrogens with zero attached hydrogens (tertiary/aromatic N) is 3. The van der Waals surface area contributed by atoms with Crippen LogP contribution < -0.4 is 8.85 Å². The van der Waals surface area contributed by atoms with E-state index in [1.165, 1.54) is 5.39 Å². The van der Waals surface area contributed by atoms with Gasteiger partial charge in [0.2, 0.25) is 0 Å². The second kappa shape index (κ2) is 13.9. The van der Waals surface area contributed by atoms with E-state index in [1.807, 2.05) is 48.8 Å². The third-order valence-electron chi connectivity index (χ3n) is 11.5. The van der Waals surface area contributed by atoms with Crippen LogP contribution in [0.1, 0.15) is 41.5 Å². The van der Waals surface area contributed by atoms with Gasteiger partial charge in [-0.2, -0.15) is 0 Å². The molecular weight excluding hydrogens is 695 g/mol. The first-order valence-electron chi connectivity index (χ1n) is 18.8. The SMILES string of the molecule is CC(C)(C)[Si](C)(C)Oc1ccc2ccccc2c1-c1c(O[Si](C)(C)C(C)(C)C)ccc2cc(-c3cc(-c4ccccn4)nc(-c4ccccn4)c3)ccc12. The van der Waals surface area contributed by atoms with E-state index in [2.05, 4.69) is 157 Å². The molecule has 0 saturated carbocycles. The number of fused-ring (bicyclic) bond motifs is 2. The maximum atomic E-state index is 7.28. The lowest BCUT2D eigenvalue weighted by Crippen LogP contribution is -2.44. The van der Waals surface area contributed by atoms with E-state index >= 15 is 0 Å². The fourth-order valence-electron chi connectivity index (χ4n) is 6.27. The molecule has 3 aromatic heterocycles. The average Bonchev–Trinajstić information content (AvgIpc) is 3.14. The lowest BCUT2D eigenvalue weighted by Gasteiger charge is -2.38. The Labute approximate surface area is 322 Å². The quantitative estimate of drug-likeness (QED) is 0.145. The Morgan fingerprint density at radius 3 is 1.43 bits per heavy atom. The van der Waals surface area contributed by atoms with Crippen LogP contribution in [0, 0.1) is 0 Å². The van der Waals surface area contributed by atoms with Crippen molar-refractivity contribution in [3.63, 3.8) is 0 Å². The lowest BCUT2D eigenvalue weighted by molar-refractivity contribution is 0.489. The first kappa shape index (κ1) is 37.2. The molecule has 0 aliphatic heterocycles. The molecule has 0 aliphatic rings. The van der Waals surface area contributed by atoms with Crippen LogP contribution >= 0.6 is 0 Å². The fraction of sp³-hybridized carbons (Fsp3) is 0.255. The Hall–Kier alpha value is -5.12. The molecule has 274 valence electrons. The molecule has 3 heterocycles. The second-order valence-corrected chi connectivity index (χ2v) is 26.8. The maximum absolute atomic E-state index is 7.28. The highest BCUT2D eigenvalue weighted by Crippen LogP contribution is 2.50. The molecule has 7 rings (SSSR count). The van der Waals surface area contributed by atoms with E-state index in [-0.39, 0.29) is 10.1 Å². The van der Waals surface area contributed by atoms with Crippen LogP contribution in [0.4, 0.5) is 0 Å². The van der Waals surface area contributed by atoms with Crippen LogP contribution in [-0.4, -0.2) is 31.6 Å². The van der Waals surface area contributed by atoms with Crippen LogP contribution in [0.5, 0.6) is 11.5 Å². The summed E-state index contributed by atoms with van der Waals surface area (Å²) in [5.74, 6) is 1.81. The summed E-state index contributed by atoms with van der Waals surface area (Å²) in [7, 11) is -4.48. The van der Waals surface area contributed by atoms with E-state index < -0.39 is 16.6 Å². The van der Waals surface area contributed by atoms with Gasteiger partial charge in [0.1, 0.15) is 11.5 Å². The molecular formula is C47H51N3O2Si2. The van der Waals surface area contributed by atoms with Crippen LogP contribution in [0.3, 0.4) is 0 Å². The van der Waals surface area contributed by atoms with Crippen molar-refractivity contribution in [3.05, 3.63) is 128 Å². The molecule has 0 N–H and O–H groups in total. The van der Waals surface area contributed by atoms with Crippen LogP contribution in [0.15, 0.2) is 128 Å². The molecule has 0 bridgehead atoms. The number of benzene rings is 4. The summed E-state index contributed by atoms with van der Waals surface area (Å²) < 4.78 is 14.5. The molecule has 7 aromatic rings. The van der Waals surface area contributed by atoms with Crippen molar-refractivity contribution in [2.24, 2.45) is 0 Å². The summed E-state index contributed by atoms with van der Waals surface area (Å²) in [5.41, 5.74) is 7.53. The van der Waals surface area contributed by atoms with Gasteiger partial charge in [0.05, 0.1) is 22.8 Å². The molecule has 0 atom stereocenters. The molecule has 0 radical (unpaired) electrons. The third kappa shape index (κ3) is 7.22. The highest BCUT2D eigenvalue weighted by Gasteiger charge is 2.41. The van der Waals surface area contributed by atoms with Gasteiger partial charge < -0.3 is 8.85 Å². The molecule has 5 nitrogen and oxygen atoms in total. The van der Waals surface area contributed by atoms with E-state index in [4.69, 9.17) is 13.8 Å². The van der Waals surface area contributed by atoms with Crippen molar-refractivity contribution >= 4 is 38.2 Å². The smallest absolute Gasteiger partial charge is 0.250 e. The Bertz CT molecular complexity index is 2410. The Morgan fingerprint density at radius 1 is 0.444 bits per heavy atom. The summed E-state index contributed by atoms with van der Waals surface area (Å²) in [4.78, 5) is 14.3. The topological polar surface area (TPSA) is 57.1 Å². The van der Waals surface area contributed by atoms with Crippen molar-refractivity contribution in [2.75, 3.05) is 0 Å². The molecule has 0 saturated heterocycles. The van der Waals surface area contributed by atoms with Crippen molar-refractivity contribution < 1.29 is 8.85 Å². The van der Waals surface area contributed by atoms with E-state index in [1.54, 1.807) is 0 Å². The minimum Gasteiger partial charge on any atom is -0.543 e. The second-order valence-electron chi connectivity index (χ2n) is 17.3. The summed E-state index contributed by atoms with van der Waals surface area (Å²) in [6.07, 6.45) is 3.61. The fourth-order valence-corrected chi connectivity index (χ4v) is 8.32. The van der Waals surface area contributed by atoms with Crippen LogP contribution in [0.2, 0.25) is 36.3 Å². The molecule has 54 heavy (non-hydrogen) atoms. The number of aromatic nitrogens is 3. The van der Waals surface area contributed by atoms with E-state index in [9.17, 15) is 0 Å². The minimum absolute atomic E-state index is 0.0142. The minimum atomic E-state index is -2.25. The van der Waals surface area contributed by atoms with Crippen LogP contribution in [-0.2, 0) is 0 Å². The van der Waals surface area contributed by atoms with Gasteiger partial charge in [0.15, 0.2) is 0 Å².